The van der Waals surface area contributed by atoms with Crippen LogP contribution >= 0.6 is 34.8 Å². The number of pyridine rings is 1. The van der Waals surface area contributed by atoms with Crippen molar-refractivity contribution >= 4 is 57.6 Å². The molecule has 5 rings (SSSR count). The Labute approximate surface area is 274 Å². The third kappa shape index (κ3) is 8.16. The van der Waals surface area contributed by atoms with Crippen LogP contribution in [0.1, 0.15) is 50.3 Å². The molecule has 4 aromatic rings. The Morgan fingerprint density at radius 1 is 0.977 bits per heavy atom. The van der Waals surface area contributed by atoms with Crippen molar-refractivity contribution in [1.29, 1.82) is 0 Å². The lowest BCUT2D eigenvalue weighted by Crippen LogP contribution is -2.45. The van der Waals surface area contributed by atoms with Crippen LogP contribution in [0.3, 0.4) is 0 Å². The third-order valence-corrected chi connectivity index (χ3v) is 8.60. The molecule has 1 saturated carbocycles. The molecule has 1 aliphatic rings. The smallest absolute Gasteiger partial charge is 0.415 e. The molecule has 1 aromatic heterocycles. The second-order valence-corrected chi connectivity index (χ2v) is 13.7. The van der Waals surface area contributed by atoms with Crippen LogP contribution in [0.25, 0.3) is 10.9 Å². The van der Waals surface area contributed by atoms with Gasteiger partial charge in [0.1, 0.15) is 18.2 Å². The monoisotopic (exact) mass is 653 g/mol. The average molecular weight is 655 g/mol. The molecule has 0 spiro atoms. The van der Waals surface area contributed by atoms with Gasteiger partial charge in [-0.05, 0) is 55.9 Å². The summed E-state index contributed by atoms with van der Waals surface area (Å²) in [6, 6.07) is 31.0. The molecule has 232 valence electrons. The molecule has 1 heterocycles. The minimum atomic E-state index is -1.73. The number of halogens is 3. The normalized spacial score (nSPS) is 17.5. The lowest BCUT2D eigenvalue weighted by atomic mass is 9.96. The summed E-state index contributed by atoms with van der Waals surface area (Å²) in [5, 5.41) is 0.872. The number of carbonyl (C=O) groups is 1. The number of rotatable bonds is 11. The van der Waals surface area contributed by atoms with Gasteiger partial charge in [0.25, 0.3) is 0 Å². The highest BCUT2D eigenvalue weighted by molar-refractivity contribution is 6.67. The SMILES string of the molecule is CCOc1cc(N(C[C@H]2CCC[C@H]2N(Cc2ccccc2)[C@H](C)c2ccccc2)C(=O)OCC(Cl)(Cl)Cl)nc2ccccc12. The van der Waals surface area contributed by atoms with Crippen LogP contribution in [0.15, 0.2) is 91.0 Å². The van der Waals surface area contributed by atoms with E-state index in [1.165, 1.54) is 11.1 Å². The summed E-state index contributed by atoms with van der Waals surface area (Å²) in [7, 11) is 0. The highest BCUT2D eigenvalue weighted by Crippen LogP contribution is 2.38. The lowest BCUT2D eigenvalue weighted by Gasteiger charge is -2.39. The van der Waals surface area contributed by atoms with E-state index in [2.05, 4.69) is 60.4 Å². The van der Waals surface area contributed by atoms with Gasteiger partial charge in [-0.15, -0.1) is 0 Å². The number of carbonyl (C=O) groups excluding carboxylic acids is 1. The zero-order valence-electron chi connectivity index (χ0n) is 25.0. The lowest BCUT2D eigenvalue weighted by molar-refractivity contribution is 0.104. The number of fused-ring (bicyclic) bond motifs is 1. The van der Waals surface area contributed by atoms with Gasteiger partial charge >= 0.3 is 6.09 Å². The maximum atomic E-state index is 13.7. The van der Waals surface area contributed by atoms with Gasteiger partial charge in [-0.2, -0.15) is 0 Å². The number of ether oxygens (including phenoxy) is 2. The fraction of sp³-hybridized carbons (Fsp3) is 0.371. The molecule has 44 heavy (non-hydrogen) atoms. The molecular formula is C35H38Cl3N3O3. The number of benzene rings is 3. The van der Waals surface area contributed by atoms with E-state index in [1.807, 2.05) is 43.3 Å². The van der Waals surface area contributed by atoms with Crippen LogP contribution in [-0.2, 0) is 11.3 Å². The van der Waals surface area contributed by atoms with Gasteiger partial charge in [0.05, 0.1) is 12.1 Å². The number of anilines is 1. The van der Waals surface area contributed by atoms with Crippen LogP contribution in [0.5, 0.6) is 5.75 Å². The molecule has 0 N–H and O–H groups in total. The largest absolute Gasteiger partial charge is 0.493 e. The molecule has 0 aliphatic heterocycles. The van der Waals surface area contributed by atoms with Crippen molar-refractivity contribution in [3.8, 4) is 5.75 Å². The Morgan fingerprint density at radius 3 is 2.36 bits per heavy atom. The molecule has 9 heteroatoms. The van der Waals surface area contributed by atoms with Crippen LogP contribution in [0.4, 0.5) is 10.6 Å². The first-order chi connectivity index (χ1) is 21.2. The zero-order chi connectivity index (χ0) is 31.1. The summed E-state index contributed by atoms with van der Waals surface area (Å²) < 4.78 is 9.81. The number of amides is 1. The minimum absolute atomic E-state index is 0.147. The quantitative estimate of drug-likeness (QED) is 0.151. The summed E-state index contributed by atoms with van der Waals surface area (Å²) in [5.41, 5.74) is 3.22. The molecule has 1 amide bonds. The van der Waals surface area contributed by atoms with E-state index in [-0.39, 0.29) is 24.6 Å². The van der Waals surface area contributed by atoms with Gasteiger partial charge < -0.3 is 9.47 Å². The van der Waals surface area contributed by atoms with Crippen LogP contribution in [-0.4, -0.2) is 45.6 Å². The highest BCUT2D eigenvalue weighted by Gasteiger charge is 2.38. The average Bonchev–Trinajstić information content (AvgIpc) is 3.49. The van der Waals surface area contributed by atoms with E-state index in [0.29, 0.717) is 24.7 Å². The maximum absolute atomic E-state index is 13.7. The Kier molecular flexibility index (Phi) is 10.9. The molecule has 3 atom stereocenters. The maximum Gasteiger partial charge on any atom is 0.415 e. The van der Waals surface area contributed by atoms with Gasteiger partial charge in [-0.3, -0.25) is 9.80 Å². The van der Waals surface area contributed by atoms with E-state index in [1.54, 1.807) is 11.0 Å². The molecule has 6 nitrogen and oxygen atoms in total. The van der Waals surface area contributed by atoms with Gasteiger partial charge in [0.2, 0.25) is 3.79 Å². The number of nitrogens with zero attached hydrogens (tertiary/aromatic N) is 3. The van der Waals surface area contributed by atoms with E-state index >= 15 is 0 Å². The molecule has 1 fully saturated rings. The third-order valence-electron chi connectivity index (χ3n) is 8.27. The fourth-order valence-electron chi connectivity index (χ4n) is 6.19. The van der Waals surface area contributed by atoms with Crippen molar-refractivity contribution in [3.63, 3.8) is 0 Å². The summed E-state index contributed by atoms with van der Waals surface area (Å²) in [6.07, 6.45) is 2.41. The molecule has 0 radical (unpaired) electrons. The standard InChI is InChI=1S/C35H38Cl3N3O3/c1-3-43-32-21-33(39-30-19-11-10-18-29(30)32)41(34(42)44-24-35(36,37)38)23-28-17-12-20-31(28)40(22-26-13-6-4-7-14-26)25(2)27-15-8-5-9-16-27/h4-11,13-16,18-19,21,25,28,31H,3,12,17,20,22-24H2,1-2H3/t25-,28-,31-/m1/s1. The number of hydrogen-bond acceptors (Lipinski definition) is 5. The highest BCUT2D eigenvalue weighted by atomic mass is 35.6. The number of aromatic nitrogens is 1. The summed E-state index contributed by atoms with van der Waals surface area (Å²) >= 11 is 17.9. The first kappa shape index (κ1) is 32.4. The second kappa shape index (κ2) is 14.8. The second-order valence-electron chi connectivity index (χ2n) is 11.2. The van der Waals surface area contributed by atoms with Gasteiger partial charge in [0.15, 0.2) is 0 Å². The Bertz CT molecular complexity index is 1520. The van der Waals surface area contributed by atoms with Crippen LogP contribution in [0.2, 0.25) is 0 Å². The van der Waals surface area contributed by atoms with Gasteiger partial charge in [-0.25, -0.2) is 9.78 Å². The fourth-order valence-corrected chi connectivity index (χ4v) is 6.35. The molecule has 3 aromatic carbocycles. The van der Waals surface area contributed by atoms with Crippen molar-refractivity contribution in [3.05, 3.63) is 102 Å². The van der Waals surface area contributed by atoms with Gasteiger partial charge in [-0.1, -0.05) is 114 Å². The Morgan fingerprint density at radius 2 is 1.66 bits per heavy atom. The van der Waals surface area contributed by atoms with Crippen molar-refractivity contribution < 1.29 is 14.3 Å². The van der Waals surface area contributed by atoms with Crippen molar-refractivity contribution in [2.45, 2.75) is 55.5 Å². The molecule has 1 aliphatic carbocycles. The zero-order valence-corrected chi connectivity index (χ0v) is 27.3. The number of alkyl halides is 3. The van der Waals surface area contributed by atoms with Crippen LogP contribution in [0, 0.1) is 5.92 Å². The van der Waals surface area contributed by atoms with Crippen molar-refractivity contribution in [2.24, 2.45) is 5.92 Å². The predicted molar refractivity (Wildman–Crippen MR) is 180 cm³/mol. The summed E-state index contributed by atoms with van der Waals surface area (Å²) in [6.45, 7) is 5.48. The molecule has 0 bridgehead atoms. The minimum Gasteiger partial charge on any atom is -0.493 e. The van der Waals surface area contributed by atoms with E-state index in [9.17, 15) is 4.79 Å². The van der Waals surface area contributed by atoms with Crippen molar-refractivity contribution in [2.75, 3.05) is 24.7 Å². The molecular weight excluding hydrogens is 617 g/mol. The van der Waals surface area contributed by atoms with Crippen LogP contribution < -0.4 is 9.64 Å². The predicted octanol–water partition coefficient (Wildman–Crippen LogP) is 9.38. The summed E-state index contributed by atoms with van der Waals surface area (Å²) in [4.78, 5) is 22.8. The first-order valence-corrected chi connectivity index (χ1v) is 16.2. The molecule has 0 unspecified atom stereocenters. The number of para-hydroxylation sites is 1. The summed E-state index contributed by atoms with van der Waals surface area (Å²) in [5.74, 6) is 1.24. The Balaban J connectivity index is 1.50. The molecule has 0 saturated heterocycles. The topological polar surface area (TPSA) is 54.9 Å². The first-order valence-electron chi connectivity index (χ1n) is 15.1. The van der Waals surface area contributed by atoms with E-state index in [0.717, 1.165) is 36.7 Å². The number of hydrogen-bond donors (Lipinski definition) is 0. The van der Waals surface area contributed by atoms with Gasteiger partial charge in [0, 0.05) is 36.6 Å². The Hall–Kier alpha value is -3.03. The van der Waals surface area contributed by atoms with E-state index < -0.39 is 9.89 Å². The van der Waals surface area contributed by atoms with Crippen molar-refractivity contribution in [1.82, 2.24) is 9.88 Å². The van der Waals surface area contributed by atoms with E-state index in [4.69, 9.17) is 49.3 Å².